The quantitative estimate of drug-likeness (QED) is 0.271. The molecule has 0 fully saturated rings. The van der Waals surface area contributed by atoms with E-state index in [1.165, 1.54) is 7.05 Å². The molecule has 0 aromatic carbocycles. The highest BCUT2D eigenvalue weighted by Gasteiger charge is 1.91. The highest BCUT2D eigenvalue weighted by Crippen LogP contribution is 1.53. The van der Waals surface area contributed by atoms with Gasteiger partial charge < -0.3 is 11.1 Å². The monoisotopic (exact) mass is 152 g/mol. The summed E-state index contributed by atoms with van der Waals surface area (Å²) < 4.78 is 0. The van der Waals surface area contributed by atoms with E-state index in [2.05, 4.69) is 11.1 Å². The van der Waals surface area contributed by atoms with E-state index >= 15 is 0 Å². The third-order valence-electron chi connectivity index (χ3n) is 0.498. The second kappa shape index (κ2) is 5.17. The molecule has 0 rings (SSSR count). The van der Waals surface area contributed by atoms with Crippen molar-refractivity contribution in [2.24, 2.45) is 5.73 Å². The van der Waals surface area contributed by atoms with E-state index in [9.17, 15) is 4.79 Å². The Labute approximate surface area is 58.9 Å². The summed E-state index contributed by atoms with van der Waals surface area (Å²) in [6, 6.07) is -0.732. The first kappa shape index (κ1) is 10.9. The van der Waals surface area contributed by atoms with Gasteiger partial charge in [0.25, 0.3) is 0 Å². The number of hydrogen-bond donors (Lipinski definition) is 4. The number of amides is 2. The van der Waals surface area contributed by atoms with Crippen molar-refractivity contribution in [3.63, 3.8) is 0 Å². The van der Waals surface area contributed by atoms with Crippen LogP contribution in [0.25, 0.3) is 0 Å². The molecule has 6 heteroatoms. The van der Waals surface area contributed by atoms with Gasteiger partial charge in [-0.05, 0) is 0 Å². The number of nitrogens with one attached hydrogen (secondary N) is 3. The van der Waals surface area contributed by atoms with Crippen LogP contribution in [0.3, 0.4) is 0 Å². The van der Waals surface area contributed by atoms with Gasteiger partial charge >= 0.3 is 6.03 Å². The van der Waals surface area contributed by atoms with Crippen molar-refractivity contribution >= 4 is 24.4 Å². The molecular weight excluding hydrogens is 144 g/mol. The lowest BCUT2D eigenvalue weighted by Gasteiger charge is -1.99. The third-order valence-corrected chi connectivity index (χ3v) is 0.498. The fraction of sp³-hybridized carbons (Fsp3) is 0.333. The van der Waals surface area contributed by atoms with Gasteiger partial charge in [0.05, 0.1) is 0 Å². The molecule has 9 heavy (non-hydrogen) atoms. The second-order valence-electron chi connectivity index (χ2n) is 1.11. The molecule has 0 aliphatic heterocycles. The molecule has 0 unspecified atom stereocenters. The molecule has 5 N–H and O–H groups in total. The van der Waals surface area contributed by atoms with E-state index < -0.39 is 6.03 Å². The molecule has 0 atom stereocenters. The zero-order valence-corrected chi connectivity index (χ0v) is 5.71. The average Bonchev–Trinajstić information content (AvgIpc) is 1.65. The number of urea groups is 1. The van der Waals surface area contributed by atoms with Gasteiger partial charge in [-0.25, -0.2) is 4.79 Å². The smallest absolute Gasteiger partial charge is 0.318 e. The van der Waals surface area contributed by atoms with Gasteiger partial charge in [-0.15, -0.1) is 12.4 Å². The van der Waals surface area contributed by atoms with Crippen molar-refractivity contribution in [2.45, 2.75) is 0 Å². The largest absolute Gasteiger partial charge is 0.359 e. The Hall–Kier alpha value is -0.970. The minimum Gasteiger partial charge on any atom is -0.359 e. The molecular formula is C3H9ClN4O. The number of hydrogen-bond acceptors (Lipinski definition) is 2. The minimum atomic E-state index is -0.732. The summed E-state index contributed by atoms with van der Waals surface area (Å²) in [5.74, 6) is -0.0995. The molecule has 0 bridgehead atoms. The Morgan fingerprint density at radius 1 is 1.67 bits per heavy atom. The lowest BCUT2D eigenvalue weighted by atomic mass is 10.9. The maximum absolute atomic E-state index is 9.90. The molecule has 0 heterocycles. The van der Waals surface area contributed by atoms with Gasteiger partial charge in [-0.2, -0.15) is 0 Å². The lowest BCUT2D eigenvalue weighted by molar-refractivity contribution is 0.253. The minimum absolute atomic E-state index is 0. The maximum Gasteiger partial charge on any atom is 0.318 e. The molecule has 5 nitrogen and oxygen atoms in total. The summed E-state index contributed by atoms with van der Waals surface area (Å²) in [7, 11) is 1.51. The highest BCUT2D eigenvalue weighted by molar-refractivity contribution is 5.93. The van der Waals surface area contributed by atoms with Crippen LogP contribution in [0.15, 0.2) is 0 Å². The standard InChI is InChI=1S/C3H8N4O.ClH/c1-6-2(4)7-3(5)8;/h1H3,(H5,4,5,6,7,8);1H. The van der Waals surface area contributed by atoms with E-state index in [1.54, 1.807) is 0 Å². The summed E-state index contributed by atoms with van der Waals surface area (Å²) in [5.41, 5.74) is 4.64. The summed E-state index contributed by atoms with van der Waals surface area (Å²) in [6.07, 6.45) is 0. The molecule has 0 aliphatic rings. The van der Waals surface area contributed by atoms with E-state index in [0.29, 0.717) is 0 Å². The van der Waals surface area contributed by atoms with Gasteiger partial charge in [0.15, 0.2) is 5.96 Å². The number of halogens is 1. The van der Waals surface area contributed by atoms with Crippen LogP contribution < -0.4 is 16.4 Å². The Bertz CT molecular complexity index is 114. The Morgan fingerprint density at radius 2 is 2.11 bits per heavy atom. The van der Waals surface area contributed by atoms with Gasteiger partial charge in [0.2, 0.25) is 0 Å². The molecule has 0 radical (unpaired) electrons. The SMILES string of the molecule is CNC(=N)NC(N)=O.Cl. The van der Waals surface area contributed by atoms with Gasteiger partial charge in [0.1, 0.15) is 0 Å². The number of carbonyl (C=O) groups is 1. The topological polar surface area (TPSA) is 91.0 Å². The Kier molecular flexibility index (Phi) is 6.27. The van der Waals surface area contributed by atoms with E-state index in [1.807, 2.05) is 5.32 Å². The first-order chi connectivity index (χ1) is 3.66. The molecule has 54 valence electrons. The summed E-state index contributed by atoms with van der Waals surface area (Å²) in [4.78, 5) is 9.90. The van der Waals surface area contributed by atoms with Crippen molar-refractivity contribution in [2.75, 3.05) is 7.05 Å². The summed E-state index contributed by atoms with van der Waals surface area (Å²) >= 11 is 0. The molecule has 0 saturated heterocycles. The van der Waals surface area contributed by atoms with E-state index in [0.717, 1.165) is 0 Å². The van der Waals surface area contributed by atoms with Crippen molar-refractivity contribution < 1.29 is 4.79 Å². The van der Waals surface area contributed by atoms with E-state index in [4.69, 9.17) is 5.41 Å². The van der Waals surface area contributed by atoms with Crippen molar-refractivity contribution in [3.8, 4) is 0 Å². The molecule has 0 aliphatic carbocycles. The van der Waals surface area contributed by atoms with Crippen LogP contribution >= 0.6 is 12.4 Å². The van der Waals surface area contributed by atoms with Gasteiger partial charge in [-0.3, -0.25) is 10.7 Å². The zero-order valence-electron chi connectivity index (χ0n) is 4.89. The Balaban J connectivity index is 0. The third kappa shape index (κ3) is 7.03. The van der Waals surface area contributed by atoms with Gasteiger partial charge in [0, 0.05) is 7.05 Å². The molecule has 0 aromatic rings. The van der Waals surface area contributed by atoms with Crippen molar-refractivity contribution in [1.29, 1.82) is 5.41 Å². The Morgan fingerprint density at radius 3 is 2.22 bits per heavy atom. The average molecular weight is 153 g/mol. The van der Waals surface area contributed by atoms with Crippen molar-refractivity contribution in [1.82, 2.24) is 10.6 Å². The first-order valence-electron chi connectivity index (χ1n) is 1.99. The van der Waals surface area contributed by atoms with Crippen LogP contribution in [-0.4, -0.2) is 19.0 Å². The molecule has 2 amide bonds. The highest BCUT2D eigenvalue weighted by atomic mass is 35.5. The number of carbonyl (C=O) groups excluding carboxylic acids is 1. The number of nitrogens with two attached hydrogens (primary N) is 1. The second-order valence-corrected chi connectivity index (χ2v) is 1.11. The predicted octanol–water partition coefficient (Wildman–Crippen LogP) is -0.769. The molecule has 0 spiro atoms. The van der Waals surface area contributed by atoms with E-state index in [-0.39, 0.29) is 18.4 Å². The first-order valence-corrected chi connectivity index (χ1v) is 1.99. The van der Waals surface area contributed by atoms with Crippen LogP contribution in [0.5, 0.6) is 0 Å². The zero-order chi connectivity index (χ0) is 6.57. The molecule has 0 aromatic heterocycles. The number of guanidine groups is 1. The summed E-state index contributed by atoms with van der Waals surface area (Å²) in [5, 5.41) is 11.1. The van der Waals surface area contributed by atoms with Crippen LogP contribution in [-0.2, 0) is 0 Å². The van der Waals surface area contributed by atoms with Crippen LogP contribution in [0, 0.1) is 5.41 Å². The normalized spacial score (nSPS) is 6.78. The molecule has 0 saturated carbocycles. The van der Waals surface area contributed by atoms with Crippen LogP contribution in [0.1, 0.15) is 0 Å². The van der Waals surface area contributed by atoms with Crippen LogP contribution in [0.2, 0.25) is 0 Å². The van der Waals surface area contributed by atoms with Gasteiger partial charge in [-0.1, -0.05) is 0 Å². The van der Waals surface area contributed by atoms with Crippen molar-refractivity contribution in [3.05, 3.63) is 0 Å². The fourth-order valence-electron chi connectivity index (χ4n) is 0.186. The lowest BCUT2D eigenvalue weighted by Crippen LogP contribution is -2.41. The summed E-state index contributed by atoms with van der Waals surface area (Å²) in [6.45, 7) is 0. The number of primary amides is 1. The maximum atomic E-state index is 9.90. The number of rotatable bonds is 0. The fourth-order valence-corrected chi connectivity index (χ4v) is 0.186. The van der Waals surface area contributed by atoms with Crippen LogP contribution in [0.4, 0.5) is 4.79 Å². The predicted molar refractivity (Wildman–Crippen MR) is 36.8 cm³/mol.